The Morgan fingerprint density at radius 2 is 1.72 bits per heavy atom. The van der Waals surface area contributed by atoms with E-state index in [1.54, 1.807) is 24.3 Å². The summed E-state index contributed by atoms with van der Waals surface area (Å²) in [7, 11) is 2.18. The fourth-order valence-corrected chi connectivity index (χ4v) is 4.41. The number of piperazine rings is 1. The van der Waals surface area contributed by atoms with Gasteiger partial charge in [-0.2, -0.15) is 0 Å². The van der Waals surface area contributed by atoms with Gasteiger partial charge in [0.05, 0.1) is 0 Å². The molecule has 1 aromatic rings. The molecule has 3 rings (SSSR count). The van der Waals surface area contributed by atoms with E-state index in [0.717, 1.165) is 32.7 Å². The summed E-state index contributed by atoms with van der Waals surface area (Å²) in [4.78, 5) is 32.6. The monoisotopic (exact) mass is 420 g/mol. The number of nitrogens with zero attached hydrogens (tertiary/aromatic N) is 3. The van der Waals surface area contributed by atoms with Crippen LogP contribution < -0.4 is 5.32 Å². The first kappa shape index (κ1) is 22.1. The predicted molar refractivity (Wildman–Crippen MR) is 116 cm³/mol. The Morgan fingerprint density at radius 3 is 2.31 bits per heavy atom. The van der Waals surface area contributed by atoms with E-state index in [-0.39, 0.29) is 17.7 Å². The third-order valence-electron chi connectivity index (χ3n) is 6.07. The van der Waals surface area contributed by atoms with Crippen LogP contribution in [0, 0.1) is 5.92 Å². The first-order valence-corrected chi connectivity index (χ1v) is 11.0. The lowest BCUT2D eigenvalue weighted by atomic mass is 10.0. The molecule has 1 N–H and O–H groups in total. The summed E-state index contributed by atoms with van der Waals surface area (Å²) in [6.45, 7) is 9.48. The summed E-state index contributed by atoms with van der Waals surface area (Å²) in [5.74, 6) is -0.205. The SMILES string of the molecule is CC(C)C(NC(=O)c1ccc(Cl)cc1)C(=O)N1CCN(C2CCCN(C)C2)CC1. The van der Waals surface area contributed by atoms with Gasteiger partial charge >= 0.3 is 0 Å². The standard InChI is InChI=1S/C22H33ClN4O2/c1-16(2)20(24-21(28)17-6-8-18(23)9-7-17)22(29)27-13-11-26(12-14-27)19-5-4-10-25(3)15-19/h6-9,16,19-20H,4-5,10-15H2,1-3H3,(H,24,28). The number of likely N-dealkylation sites (N-methyl/N-ethyl adjacent to an activating group) is 1. The quantitative estimate of drug-likeness (QED) is 0.794. The largest absolute Gasteiger partial charge is 0.340 e. The highest BCUT2D eigenvalue weighted by molar-refractivity contribution is 6.30. The number of hydrogen-bond donors (Lipinski definition) is 1. The number of carbonyl (C=O) groups excluding carboxylic acids is 2. The zero-order valence-corrected chi connectivity index (χ0v) is 18.5. The summed E-state index contributed by atoms with van der Waals surface area (Å²) in [6.07, 6.45) is 2.48. The number of benzene rings is 1. The van der Waals surface area contributed by atoms with Crippen molar-refractivity contribution in [2.75, 3.05) is 46.3 Å². The summed E-state index contributed by atoms with van der Waals surface area (Å²) in [5, 5.41) is 3.52. The van der Waals surface area contributed by atoms with Crippen LogP contribution >= 0.6 is 11.6 Å². The van der Waals surface area contributed by atoms with E-state index in [9.17, 15) is 9.59 Å². The third kappa shape index (κ3) is 5.71. The van der Waals surface area contributed by atoms with E-state index >= 15 is 0 Å². The molecule has 0 radical (unpaired) electrons. The maximum absolute atomic E-state index is 13.2. The number of rotatable bonds is 5. The highest BCUT2D eigenvalue weighted by Gasteiger charge is 2.33. The van der Waals surface area contributed by atoms with Gasteiger partial charge in [0.2, 0.25) is 5.91 Å². The minimum atomic E-state index is -0.523. The molecule has 0 saturated carbocycles. The maximum Gasteiger partial charge on any atom is 0.251 e. The van der Waals surface area contributed by atoms with Crippen molar-refractivity contribution < 1.29 is 9.59 Å². The summed E-state index contributed by atoms with van der Waals surface area (Å²) in [6, 6.07) is 6.80. The Hall–Kier alpha value is -1.63. The molecular formula is C22H33ClN4O2. The first-order chi connectivity index (χ1) is 13.8. The van der Waals surface area contributed by atoms with E-state index in [4.69, 9.17) is 11.6 Å². The second-order valence-corrected chi connectivity index (χ2v) is 9.06. The Kier molecular flexibility index (Phi) is 7.55. The van der Waals surface area contributed by atoms with Gasteiger partial charge < -0.3 is 15.1 Å². The van der Waals surface area contributed by atoms with E-state index < -0.39 is 6.04 Å². The molecule has 160 valence electrons. The van der Waals surface area contributed by atoms with Crippen molar-refractivity contribution in [3.63, 3.8) is 0 Å². The average Bonchev–Trinajstić information content (AvgIpc) is 2.72. The van der Waals surface area contributed by atoms with Crippen LogP contribution in [0.5, 0.6) is 0 Å². The Balaban J connectivity index is 1.57. The van der Waals surface area contributed by atoms with Gasteiger partial charge in [-0.25, -0.2) is 0 Å². The van der Waals surface area contributed by atoms with E-state index in [0.29, 0.717) is 16.6 Å². The third-order valence-corrected chi connectivity index (χ3v) is 6.32. The molecule has 0 aromatic heterocycles. The van der Waals surface area contributed by atoms with Crippen molar-refractivity contribution in [2.24, 2.45) is 5.92 Å². The fourth-order valence-electron chi connectivity index (χ4n) is 4.28. The Bertz CT molecular complexity index is 701. The van der Waals surface area contributed by atoms with Gasteiger partial charge in [0.15, 0.2) is 0 Å². The van der Waals surface area contributed by atoms with Crippen molar-refractivity contribution in [2.45, 2.75) is 38.8 Å². The molecule has 2 heterocycles. The number of amides is 2. The molecule has 2 unspecified atom stereocenters. The summed E-state index contributed by atoms with van der Waals surface area (Å²) in [5.41, 5.74) is 0.513. The topological polar surface area (TPSA) is 55.9 Å². The number of likely N-dealkylation sites (tertiary alicyclic amines) is 1. The zero-order chi connectivity index (χ0) is 21.0. The molecule has 7 heteroatoms. The highest BCUT2D eigenvalue weighted by atomic mass is 35.5. The van der Waals surface area contributed by atoms with Gasteiger partial charge in [-0.15, -0.1) is 0 Å². The minimum Gasteiger partial charge on any atom is -0.340 e. The van der Waals surface area contributed by atoms with Crippen LogP contribution in [0.3, 0.4) is 0 Å². The molecule has 2 aliphatic rings. The van der Waals surface area contributed by atoms with Gasteiger partial charge in [0.25, 0.3) is 5.91 Å². The van der Waals surface area contributed by atoms with Gasteiger partial charge in [-0.1, -0.05) is 25.4 Å². The fraction of sp³-hybridized carbons (Fsp3) is 0.636. The zero-order valence-electron chi connectivity index (χ0n) is 17.7. The normalized spacial score (nSPS) is 22.5. The van der Waals surface area contributed by atoms with E-state index in [2.05, 4.69) is 22.2 Å². The summed E-state index contributed by atoms with van der Waals surface area (Å²) < 4.78 is 0. The molecular weight excluding hydrogens is 388 g/mol. The van der Waals surface area contributed by atoms with Crippen LogP contribution in [0.2, 0.25) is 5.02 Å². The lowest BCUT2D eigenvalue weighted by molar-refractivity contribution is -0.136. The molecule has 2 atom stereocenters. The molecule has 0 bridgehead atoms. The number of carbonyl (C=O) groups is 2. The van der Waals surface area contributed by atoms with Gasteiger partial charge in [-0.3, -0.25) is 14.5 Å². The average molecular weight is 421 g/mol. The van der Waals surface area contributed by atoms with Crippen molar-refractivity contribution in [1.29, 1.82) is 0 Å². The molecule has 0 aliphatic carbocycles. The lowest BCUT2D eigenvalue weighted by Crippen LogP contribution is -2.59. The second kappa shape index (κ2) is 9.92. The Morgan fingerprint density at radius 1 is 1.07 bits per heavy atom. The van der Waals surface area contributed by atoms with Gasteiger partial charge in [0.1, 0.15) is 6.04 Å². The van der Waals surface area contributed by atoms with Crippen molar-refractivity contribution >= 4 is 23.4 Å². The number of piperidine rings is 1. The minimum absolute atomic E-state index is 0.0164. The van der Waals surface area contributed by atoms with Crippen LogP contribution in [0.25, 0.3) is 0 Å². The lowest BCUT2D eigenvalue weighted by Gasteiger charge is -2.43. The van der Waals surface area contributed by atoms with Gasteiger partial charge in [-0.05, 0) is 56.6 Å². The van der Waals surface area contributed by atoms with E-state index in [1.807, 2.05) is 18.7 Å². The van der Waals surface area contributed by atoms with Crippen LogP contribution in [0.1, 0.15) is 37.0 Å². The van der Waals surface area contributed by atoms with Crippen LogP contribution in [0.4, 0.5) is 0 Å². The number of halogens is 1. The number of nitrogens with one attached hydrogen (secondary N) is 1. The molecule has 1 aromatic carbocycles. The molecule has 0 spiro atoms. The Labute approximate surface area is 179 Å². The van der Waals surface area contributed by atoms with Crippen molar-refractivity contribution in [3.05, 3.63) is 34.9 Å². The predicted octanol–water partition coefficient (Wildman–Crippen LogP) is 2.33. The van der Waals surface area contributed by atoms with Gasteiger partial charge in [0, 0.05) is 49.4 Å². The highest BCUT2D eigenvalue weighted by Crippen LogP contribution is 2.18. The van der Waals surface area contributed by atoms with Crippen LogP contribution in [-0.4, -0.2) is 84.9 Å². The maximum atomic E-state index is 13.2. The smallest absolute Gasteiger partial charge is 0.251 e. The van der Waals surface area contributed by atoms with Crippen LogP contribution in [0.15, 0.2) is 24.3 Å². The second-order valence-electron chi connectivity index (χ2n) is 8.62. The first-order valence-electron chi connectivity index (χ1n) is 10.6. The van der Waals surface area contributed by atoms with Crippen molar-refractivity contribution in [1.82, 2.24) is 20.0 Å². The molecule has 29 heavy (non-hydrogen) atoms. The molecule has 2 saturated heterocycles. The molecule has 2 fully saturated rings. The van der Waals surface area contributed by atoms with Crippen molar-refractivity contribution in [3.8, 4) is 0 Å². The molecule has 6 nitrogen and oxygen atoms in total. The molecule has 2 amide bonds. The van der Waals surface area contributed by atoms with Crippen LogP contribution in [-0.2, 0) is 4.79 Å². The van der Waals surface area contributed by atoms with E-state index in [1.165, 1.54) is 19.4 Å². The summed E-state index contributed by atoms with van der Waals surface area (Å²) >= 11 is 5.90. The number of hydrogen-bond acceptors (Lipinski definition) is 4. The molecule has 2 aliphatic heterocycles.